The molecule has 0 saturated heterocycles. The predicted molar refractivity (Wildman–Crippen MR) is 51.3 cm³/mol. The van der Waals surface area contributed by atoms with E-state index < -0.39 is 0 Å². The maximum Gasteiger partial charge on any atom is 0.220 e. The molecule has 0 unspecified atom stereocenters. The van der Waals surface area contributed by atoms with Gasteiger partial charge in [-0.15, -0.1) is 0 Å². The Balaban J connectivity index is 1.97. The molecule has 1 rings (SSSR count). The third-order valence-corrected chi connectivity index (χ3v) is 2.63. The van der Waals surface area contributed by atoms with Crippen molar-refractivity contribution in [3.63, 3.8) is 0 Å². The molecule has 1 aliphatic rings. The van der Waals surface area contributed by atoms with E-state index in [1.807, 2.05) is 0 Å². The van der Waals surface area contributed by atoms with E-state index in [0.717, 1.165) is 19.4 Å². The first-order chi connectivity index (χ1) is 6.16. The molecular formula is C10H19NO2. The first-order valence-electron chi connectivity index (χ1n) is 5.04. The second-order valence-electron chi connectivity index (χ2n) is 4.27. The fraction of sp³-hybridized carbons (Fsp3) is 0.900. The molecule has 2 N–H and O–H groups in total. The molecule has 0 radical (unpaired) electrons. The lowest BCUT2D eigenvalue weighted by molar-refractivity contribution is -0.121. The van der Waals surface area contributed by atoms with E-state index >= 15 is 0 Å². The zero-order valence-electron chi connectivity index (χ0n) is 8.31. The lowest BCUT2D eigenvalue weighted by Gasteiger charge is -2.09. The highest BCUT2D eigenvalue weighted by molar-refractivity contribution is 5.75. The van der Waals surface area contributed by atoms with E-state index in [1.165, 1.54) is 12.8 Å². The summed E-state index contributed by atoms with van der Waals surface area (Å²) in [5.41, 5.74) is 0.395. The summed E-state index contributed by atoms with van der Waals surface area (Å²) in [4.78, 5) is 11.2. The molecule has 1 saturated carbocycles. The van der Waals surface area contributed by atoms with E-state index in [0.29, 0.717) is 11.8 Å². The number of rotatable bonds is 6. The van der Waals surface area contributed by atoms with Crippen LogP contribution in [0.15, 0.2) is 0 Å². The van der Waals surface area contributed by atoms with Crippen molar-refractivity contribution in [1.82, 2.24) is 5.32 Å². The Hall–Kier alpha value is -0.570. The molecule has 13 heavy (non-hydrogen) atoms. The molecule has 3 nitrogen and oxygen atoms in total. The summed E-state index contributed by atoms with van der Waals surface area (Å²) in [6, 6.07) is 0. The fourth-order valence-corrected chi connectivity index (χ4v) is 1.19. The van der Waals surface area contributed by atoms with E-state index in [9.17, 15) is 4.79 Å². The highest BCUT2D eigenvalue weighted by Crippen LogP contribution is 2.43. The average molecular weight is 185 g/mol. The largest absolute Gasteiger partial charge is 0.396 e. The van der Waals surface area contributed by atoms with Crippen LogP contribution in [0.1, 0.15) is 39.0 Å². The van der Waals surface area contributed by atoms with E-state index in [1.54, 1.807) is 0 Å². The lowest BCUT2D eigenvalue weighted by Crippen LogP contribution is -2.28. The minimum Gasteiger partial charge on any atom is -0.396 e. The Kier molecular flexibility index (Phi) is 3.72. The van der Waals surface area contributed by atoms with Gasteiger partial charge in [-0.3, -0.25) is 4.79 Å². The van der Waals surface area contributed by atoms with Gasteiger partial charge in [-0.05, 0) is 31.1 Å². The summed E-state index contributed by atoms with van der Waals surface area (Å²) >= 11 is 0. The first kappa shape index (κ1) is 10.5. The minimum absolute atomic E-state index is 0.126. The highest BCUT2D eigenvalue weighted by Gasteiger charge is 2.37. The molecule has 1 fully saturated rings. The maximum atomic E-state index is 11.2. The number of unbranched alkanes of at least 4 members (excludes halogenated alkanes) is 1. The van der Waals surface area contributed by atoms with Gasteiger partial charge >= 0.3 is 0 Å². The van der Waals surface area contributed by atoms with E-state index in [2.05, 4.69) is 12.2 Å². The fourth-order valence-electron chi connectivity index (χ4n) is 1.19. The second kappa shape index (κ2) is 4.61. The number of carbonyl (C=O) groups is 1. The molecule has 0 bridgehead atoms. The summed E-state index contributed by atoms with van der Waals surface area (Å²) in [6.07, 6.45) is 4.55. The van der Waals surface area contributed by atoms with E-state index in [-0.39, 0.29) is 12.5 Å². The summed E-state index contributed by atoms with van der Waals surface area (Å²) in [5.74, 6) is 0.126. The van der Waals surface area contributed by atoms with Crippen molar-refractivity contribution in [3.05, 3.63) is 0 Å². The van der Waals surface area contributed by atoms with E-state index in [4.69, 9.17) is 5.11 Å². The van der Waals surface area contributed by atoms with Gasteiger partial charge in [0.15, 0.2) is 0 Å². The number of carbonyl (C=O) groups excluding carboxylic acids is 1. The van der Waals surface area contributed by atoms with Crippen molar-refractivity contribution in [1.29, 1.82) is 0 Å². The molecule has 0 aromatic heterocycles. The van der Waals surface area contributed by atoms with Gasteiger partial charge in [0.2, 0.25) is 5.91 Å². The Labute approximate surface area is 79.5 Å². The number of aliphatic hydroxyl groups excluding tert-OH is 1. The van der Waals surface area contributed by atoms with Crippen molar-refractivity contribution >= 4 is 5.91 Å². The molecule has 0 heterocycles. The number of aliphatic hydroxyl groups is 1. The number of hydrogen-bond donors (Lipinski definition) is 2. The predicted octanol–water partition coefficient (Wildman–Crippen LogP) is 1.07. The Morgan fingerprint density at radius 2 is 2.15 bits per heavy atom. The molecular weight excluding hydrogens is 166 g/mol. The third-order valence-electron chi connectivity index (χ3n) is 2.63. The van der Waals surface area contributed by atoms with Crippen molar-refractivity contribution in [2.24, 2.45) is 5.41 Å². The van der Waals surface area contributed by atoms with Crippen LogP contribution in [0, 0.1) is 5.41 Å². The molecule has 0 aromatic carbocycles. The van der Waals surface area contributed by atoms with Gasteiger partial charge in [-0.25, -0.2) is 0 Å². The van der Waals surface area contributed by atoms with Crippen LogP contribution in [0.5, 0.6) is 0 Å². The van der Waals surface area contributed by atoms with Crippen LogP contribution < -0.4 is 5.32 Å². The topological polar surface area (TPSA) is 49.3 Å². The minimum atomic E-state index is 0.126. The zero-order valence-corrected chi connectivity index (χ0v) is 8.31. The van der Waals surface area contributed by atoms with Gasteiger partial charge in [0.25, 0.3) is 0 Å². The van der Waals surface area contributed by atoms with Crippen LogP contribution in [0.4, 0.5) is 0 Å². The number of amides is 1. The van der Waals surface area contributed by atoms with Crippen LogP contribution in [-0.2, 0) is 4.79 Å². The SMILES string of the molecule is CC1(CNC(=O)CCCCO)CC1. The first-order valence-corrected chi connectivity index (χ1v) is 5.04. The van der Waals surface area contributed by atoms with Gasteiger partial charge in [-0.2, -0.15) is 0 Å². The normalized spacial score (nSPS) is 18.3. The molecule has 76 valence electrons. The number of nitrogens with one attached hydrogen (secondary N) is 1. The third kappa shape index (κ3) is 4.27. The summed E-state index contributed by atoms with van der Waals surface area (Å²) in [5, 5.41) is 11.4. The van der Waals surface area contributed by atoms with Crippen LogP contribution in [0.2, 0.25) is 0 Å². The van der Waals surface area contributed by atoms with Crippen molar-refractivity contribution in [2.75, 3.05) is 13.2 Å². The quantitative estimate of drug-likeness (QED) is 0.608. The van der Waals surface area contributed by atoms with Gasteiger partial charge in [0.05, 0.1) is 0 Å². The Morgan fingerprint density at radius 3 is 2.69 bits per heavy atom. The van der Waals surface area contributed by atoms with Gasteiger partial charge in [-0.1, -0.05) is 6.92 Å². The molecule has 3 heteroatoms. The molecule has 1 amide bonds. The molecule has 0 atom stereocenters. The molecule has 0 aliphatic heterocycles. The molecule has 1 aliphatic carbocycles. The van der Waals surface area contributed by atoms with Gasteiger partial charge in [0.1, 0.15) is 0 Å². The summed E-state index contributed by atoms with van der Waals surface area (Å²) < 4.78 is 0. The molecule has 0 spiro atoms. The van der Waals surface area contributed by atoms with Gasteiger partial charge in [0, 0.05) is 19.6 Å². The van der Waals surface area contributed by atoms with Crippen LogP contribution >= 0.6 is 0 Å². The smallest absolute Gasteiger partial charge is 0.220 e. The summed E-state index contributed by atoms with van der Waals surface area (Å²) in [7, 11) is 0. The van der Waals surface area contributed by atoms with Crippen molar-refractivity contribution in [3.8, 4) is 0 Å². The molecule has 0 aromatic rings. The monoisotopic (exact) mass is 185 g/mol. The maximum absolute atomic E-state index is 11.2. The van der Waals surface area contributed by atoms with Gasteiger partial charge < -0.3 is 10.4 Å². The van der Waals surface area contributed by atoms with Crippen molar-refractivity contribution in [2.45, 2.75) is 39.0 Å². The van der Waals surface area contributed by atoms with Crippen LogP contribution in [0.3, 0.4) is 0 Å². The van der Waals surface area contributed by atoms with Crippen LogP contribution in [-0.4, -0.2) is 24.2 Å². The Bertz CT molecular complexity index is 176. The van der Waals surface area contributed by atoms with Crippen LogP contribution in [0.25, 0.3) is 0 Å². The highest BCUT2D eigenvalue weighted by atomic mass is 16.2. The number of hydrogen-bond acceptors (Lipinski definition) is 2. The second-order valence-corrected chi connectivity index (χ2v) is 4.27. The Morgan fingerprint density at radius 1 is 1.46 bits per heavy atom. The standard InChI is InChI=1S/C10H19NO2/c1-10(5-6-10)8-11-9(13)4-2-3-7-12/h12H,2-8H2,1H3,(H,11,13). The average Bonchev–Trinajstić information content (AvgIpc) is 2.82. The zero-order chi connectivity index (χ0) is 9.73. The lowest BCUT2D eigenvalue weighted by atomic mass is 10.1. The summed E-state index contributed by atoms with van der Waals surface area (Å²) in [6.45, 7) is 3.21. The van der Waals surface area contributed by atoms with Crippen molar-refractivity contribution < 1.29 is 9.90 Å².